The third kappa shape index (κ3) is 4.96. The number of rotatable bonds is 5. The third-order valence-corrected chi connectivity index (χ3v) is 9.68. The van der Waals surface area contributed by atoms with E-state index in [0.717, 1.165) is 83.3 Å². The Morgan fingerprint density at radius 2 is 0.980 bits per heavy atom. The monoisotopic (exact) mass is 651 g/mol. The van der Waals surface area contributed by atoms with Crippen LogP contribution in [0.2, 0.25) is 0 Å². The highest BCUT2D eigenvalue weighted by atomic mass is 16.3. The SMILES string of the molecule is c1ccc(-c2cc(-c3cccc(-c4nc5c(-c6cccc7ccccc67)cccc5c5oc6ccccc6c45)c3)nc(-c3ccccc3)n2)cc1. The van der Waals surface area contributed by atoms with Crippen LogP contribution in [0.4, 0.5) is 0 Å². The lowest BCUT2D eigenvalue weighted by atomic mass is 9.94. The van der Waals surface area contributed by atoms with Gasteiger partial charge in [0.15, 0.2) is 5.82 Å². The molecule has 0 aliphatic rings. The fourth-order valence-corrected chi connectivity index (χ4v) is 7.27. The molecule has 0 saturated heterocycles. The van der Waals surface area contributed by atoms with Crippen molar-refractivity contribution in [3.63, 3.8) is 0 Å². The Morgan fingerprint density at radius 3 is 1.82 bits per heavy atom. The van der Waals surface area contributed by atoms with Crippen molar-refractivity contribution in [1.82, 2.24) is 15.0 Å². The van der Waals surface area contributed by atoms with Crippen molar-refractivity contribution in [3.8, 4) is 56.3 Å². The minimum Gasteiger partial charge on any atom is -0.455 e. The standard InChI is InChI=1S/C47H29N3O/c1-3-15-31(16-4-1)40-29-41(49-47(48-40)32-17-5-2-6-18-32)33-20-11-21-34(28-33)44-43-38-23-9-10-27-42(38)51-46(43)39-26-13-25-37(45(39)50-44)36-24-12-19-30-14-7-8-22-35(30)36/h1-29H. The second-order valence-electron chi connectivity index (χ2n) is 12.8. The van der Waals surface area contributed by atoms with E-state index in [1.54, 1.807) is 0 Å². The predicted molar refractivity (Wildman–Crippen MR) is 209 cm³/mol. The molecule has 4 nitrogen and oxygen atoms in total. The molecule has 0 bridgehead atoms. The van der Waals surface area contributed by atoms with Crippen LogP contribution in [0.5, 0.6) is 0 Å². The zero-order chi connectivity index (χ0) is 33.7. The van der Waals surface area contributed by atoms with Crippen LogP contribution < -0.4 is 0 Å². The van der Waals surface area contributed by atoms with Crippen LogP contribution in [0.25, 0.3) is 99.9 Å². The maximum Gasteiger partial charge on any atom is 0.160 e. The second-order valence-corrected chi connectivity index (χ2v) is 12.8. The van der Waals surface area contributed by atoms with E-state index in [0.29, 0.717) is 5.82 Å². The highest BCUT2D eigenvalue weighted by molar-refractivity contribution is 6.21. The number of hydrogen-bond acceptors (Lipinski definition) is 4. The molecule has 3 heterocycles. The maximum atomic E-state index is 6.69. The Bertz CT molecular complexity index is 2850. The molecule has 10 rings (SSSR count). The number of fused-ring (bicyclic) bond motifs is 6. The molecule has 0 radical (unpaired) electrons. The lowest BCUT2D eigenvalue weighted by Gasteiger charge is -2.13. The number of nitrogens with zero attached hydrogens (tertiary/aromatic N) is 3. The van der Waals surface area contributed by atoms with Crippen molar-refractivity contribution in [1.29, 1.82) is 0 Å². The fraction of sp³-hybridized carbons (Fsp3) is 0. The van der Waals surface area contributed by atoms with Gasteiger partial charge in [-0.3, -0.25) is 0 Å². The number of furan rings is 1. The summed E-state index contributed by atoms with van der Waals surface area (Å²) < 4.78 is 6.69. The first kappa shape index (κ1) is 29.0. The molecule has 0 amide bonds. The van der Waals surface area contributed by atoms with Crippen LogP contribution >= 0.6 is 0 Å². The van der Waals surface area contributed by atoms with Crippen molar-refractivity contribution >= 4 is 43.6 Å². The van der Waals surface area contributed by atoms with Gasteiger partial charge >= 0.3 is 0 Å². The van der Waals surface area contributed by atoms with Gasteiger partial charge < -0.3 is 4.42 Å². The average Bonchev–Trinajstić information content (AvgIpc) is 3.61. The van der Waals surface area contributed by atoms with E-state index in [2.05, 4.69) is 127 Å². The van der Waals surface area contributed by atoms with Crippen LogP contribution in [0.15, 0.2) is 180 Å². The number of hydrogen-bond donors (Lipinski definition) is 0. The number of pyridine rings is 1. The summed E-state index contributed by atoms with van der Waals surface area (Å²) in [7, 11) is 0. The summed E-state index contributed by atoms with van der Waals surface area (Å²) >= 11 is 0. The van der Waals surface area contributed by atoms with E-state index in [-0.39, 0.29) is 0 Å². The summed E-state index contributed by atoms with van der Waals surface area (Å²) in [4.78, 5) is 15.7. The summed E-state index contributed by atoms with van der Waals surface area (Å²) in [5.74, 6) is 0.684. The molecular formula is C47H29N3O. The van der Waals surface area contributed by atoms with Gasteiger partial charge in [-0.2, -0.15) is 0 Å². The van der Waals surface area contributed by atoms with Crippen molar-refractivity contribution in [2.75, 3.05) is 0 Å². The Balaban J connectivity index is 1.23. The summed E-state index contributed by atoms with van der Waals surface area (Å²) in [5.41, 5.74) is 11.4. The second kappa shape index (κ2) is 11.9. The number of benzene rings is 7. The first-order valence-corrected chi connectivity index (χ1v) is 17.1. The zero-order valence-corrected chi connectivity index (χ0v) is 27.5. The molecule has 0 saturated carbocycles. The van der Waals surface area contributed by atoms with E-state index < -0.39 is 0 Å². The minimum atomic E-state index is 0.684. The molecule has 0 atom stereocenters. The first-order valence-electron chi connectivity index (χ1n) is 17.1. The van der Waals surface area contributed by atoms with Crippen molar-refractivity contribution in [2.24, 2.45) is 0 Å². The van der Waals surface area contributed by atoms with Gasteiger partial charge in [0.25, 0.3) is 0 Å². The highest BCUT2D eigenvalue weighted by Crippen LogP contribution is 2.43. The van der Waals surface area contributed by atoms with Gasteiger partial charge in [-0.05, 0) is 40.6 Å². The van der Waals surface area contributed by atoms with Crippen LogP contribution in [-0.2, 0) is 0 Å². The average molecular weight is 652 g/mol. The third-order valence-electron chi connectivity index (χ3n) is 9.68. The summed E-state index contributed by atoms with van der Waals surface area (Å²) in [5, 5.41) is 5.41. The topological polar surface area (TPSA) is 51.8 Å². The Morgan fingerprint density at radius 1 is 0.392 bits per heavy atom. The predicted octanol–water partition coefficient (Wildman–Crippen LogP) is 12.4. The van der Waals surface area contributed by atoms with Crippen molar-refractivity contribution in [2.45, 2.75) is 0 Å². The molecule has 0 spiro atoms. The van der Waals surface area contributed by atoms with Crippen molar-refractivity contribution in [3.05, 3.63) is 176 Å². The largest absolute Gasteiger partial charge is 0.455 e. The van der Waals surface area contributed by atoms with E-state index in [1.807, 2.05) is 48.5 Å². The van der Waals surface area contributed by atoms with Gasteiger partial charge in [0.2, 0.25) is 0 Å². The lowest BCUT2D eigenvalue weighted by Crippen LogP contribution is -1.96. The van der Waals surface area contributed by atoms with Crippen molar-refractivity contribution < 1.29 is 4.42 Å². The van der Waals surface area contributed by atoms with Gasteiger partial charge in [-0.15, -0.1) is 0 Å². The van der Waals surface area contributed by atoms with E-state index in [9.17, 15) is 0 Å². The summed E-state index contributed by atoms with van der Waals surface area (Å²) in [6, 6.07) is 60.7. The molecule has 0 N–H and O–H groups in total. The van der Waals surface area contributed by atoms with Crippen LogP contribution in [0.1, 0.15) is 0 Å². The van der Waals surface area contributed by atoms with E-state index in [4.69, 9.17) is 19.4 Å². The molecule has 238 valence electrons. The molecule has 3 aromatic heterocycles. The quantitative estimate of drug-likeness (QED) is 0.186. The van der Waals surface area contributed by atoms with Gasteiger partial charge in [0, 0.05) is 38.6 Å². The molecule has 0 aliphatic carbocycles. The van der Waals surface area contributed by atoms with Crippen LogP contribution in [-0.4, -0.2) is 15.0 Å². The summed E-state index contributed by atoms with van der Waals surface area (Å²) in [6.07, 6.45) is 0. The molecule has 51 heavy (non-hydrogen) atoms. The van der Waals surface area contributed by atoms with Gasteiger partial charge in [-0.25, -0.2) is 15.0 Å². The summed E-state index contributed by atoms with van der Waals surface area (Å²) in [6.45, 7) is 0. The van der Waals surface area contributed by atoms with Gasteiger partial charge in [-0.1, -0.05) is 152 Å². The fourth-order valence-electron chi connectivity index (χ4n) is 7.27. The van der Waals surface area contributed by atoms with Crippen LogP contribution in [0.3, 0.4) is 0 Å². The molecule has 0 unspecified atom stereocenters. The van der Waals surface area contributed by atoms with E-state index >= 15 is 0 Å². The molecule has 4 heteroatoms. The molecule has 7 aromatic carbocycles. The van der Waals surface area contributed by atoms with Gasteiger partial charge in [0.1, 0.15) is 11.2 Å². The molecule has 0 aliphatic heterocycles. The highest BCUT2D eigenvalue weighted by Gasteiger charge is 2.21. The lowest BCUT2D eigenvalue weighted by molar-refractivity contribution is 0.672. The Labute approximate surface area is 294 Å². The number of para-hydroxylation sites is 2. The Hall–Kier alpha value is -6.91. The zero-order valence-electron chi connectivity index (χ0n) is 27.5. The smallest absolute Gasteiger partial charge is 0.160 e. The first-order chi connectivity index (χ1) is 25.3. The van der Waals surface area contributed by atoms with Crippen LogP contribution in [0, 0.1) is 0 Å². The molecular weight excluding hydrogens is 623 g/mol. The maximum absolute atomic E-state index is 6.69. The van der Waals surface area contributed by atoms with E-state index in [1.165, 1.54) is 10.8 Å². The molecule has 0 fully saturated rings. The normalized spacial score (nSPS) is 11.5. The number of aromatic nitrogens is 3. The molecule has 10 aromatic rings. The Kier molecular flexibility index (Phi) is 6.78. The van der Waals surface area contributed by atoms with Gasteiger partial charge in [0.05, 0.1) is 28.0 Å². The minimum absolute atomic E-state index is 0.684.